The van der Waals surface area contributed by atoms with Gasteiger partial charge in [-0.15, -0.1) is 0 Å². The Kier molecular flexibility index (Phi) is 2.69. The van der Waals surface area contributed by atoms with Gasteiger partial charge in [-0.05, 0) is 13.8 Å². The molecule has 0 aromatic carbocycles. The third kappa shape index (κ3) is 1.76. The van der Waals surface area contributed by atoms with Crippen molar-refractivity contribution in [1.82, 2.24) is 4.90 Å². The van der Waals surface area contributed by atoms with Crippen LogP contribution < -0.4 is 11.5 Å². The van der Waals surface area contributed by atoms with E-state index in [2.05, 4.69) is 18.7 Å². The van der Waals surface area contributed by atoms with E-state index in [1.165, 1.54) is 0 Å². The molecule has 4 nitrogen and oxygen atoms in total. The van der Waals surface area contributed by atoms with Gasteiger partial charge in [-0.25, -0.2) is 0 Å². The lowest BCUT2D eigenvalue weighted by atomic mass is 10.0. The minimum atomic E-state index is -0.273. The zero-order valence-electron chi connectivity index (χ0n) is 7.66. The number of likely N-dealkylation sites (tertiary alicyclic amines) is 1. The van der Waals surface area contributed by atoms with Crippen LogP contribution in [-0.4, -0.2) is 36.0 Å². The summed E-state index contributed by atoms with van der Waals surface area (Å²) in [6.45, 7) is 5.69. The van der Waals surface area contributed by atoms with Crippen LogP contribution in [0.3, 0.4) is 0 Å². The molecule has 4 N–H and O–H groups in total. The maximum atomic E-state index is 10.9. The SMILES string of the molecule is CC(C)N1C[C@@H](N)[C@H](C(N)=O)C1. The third-order valence-electron chi connectivity index (χ3n) is 2.49. The zero-order valence-corrected chi connectivity index (χ0v) is 7.66. The van der Waals surface area contributed by atoms with E-state index in [9.17, 15) is 4.79 Å². The summed E-state index contributed by atoms with van der Waals surface area (Å²) in [5, 5.41) is 0. The smallest absolute Gasteiger partial charge is 0.223 e. The van der Waals surface area contributed by atoms with Crippen molar-refractivity contribution in [2.75, 3.05) is 13.1 Å². The molecule has 0 saturated carbocycles. The van der Waals surface area contributed by atoms with Crippen molar-refractivity contribution >= 4 is 5.91 Å². The third-order valence-corrected chi connectivity index (χ3v) is 2.49. The number of carbonyl (C=O) groups excluding carboxylic acids is 1. The van der Waals surface area contributed by atoms with Crippen LogP contribution in [0.4, 0.5) is 0 Å². The van der Waals surface area contributed by atoms with Crippen molar-refractivity contribution in [3.8, 4) is 0 Å². The number of amides is 1. The number of hydrogen-bond acceptors (Lipinski definition) is 3. The molecule has 0 radical (unpaired) electrons. The highest BCUT2D eigenvalue weighted by molar-refractivity contribution is 5.78. The van der Waals surface area contributed by atoms with Gasteiger partial charge in [-0.2, -0.15) is 0 Å². The van der Waals surface area contributed by atoms with Gasteiger partial charge in [0.25, 0.3) is 0 Å². The predicted octanol–water partition coefficient (Wildman–Crippen LogP) is -0.861. The molecule has 0 aliphatic carbocycles. The largest absolute Gasteiger partial charge is 0.369 e. The highest BCUT2D eigenvalue weighted by atomic mass is 16.1. The Morgan fingerprint density at radius 1 is 1.50 bits per heavy atom. The molecule has 1 rings (SSSR count). The molecule has 1 aliphatic heterocycles. The predicted molar refractivity (Wildman–Crippen MR) is 47.4 cm³/mol. The van der Waals surface area contributed by atoms with Crippen LogP contribution in [0.5, 0.6) is 0 Å². The van der Waals surface area contributed by atoms with Gasteiger partial charge in [0.2, 0.25) is 5.91 Å². The molecule has 2 atom stereocenters. The lowest BCUT2D eigenvalue weighted by Crippen LogP contribution is -2.37. The average molecular weight is 171 g/mol. The van der Waals surface area contributed by atoms with E-state index in [1.807, 2.05) is 0 Å². The quantitative estimate of drug-likeness (QED) is 0.568. The summed E-state index contributed by atoms with van der Waals surface area (Å²) in [6.07, 6.45) is 0. The van der Waals surface area contributed by atoms with Crippen LogP contribution in [0.15, 0.2) is 0 Å². The van der Waals surface area contributed by atoms with E-state index >= 15 is 0 Å². The van der Waals surface area contributed by atoms with Crippen molar-refractivity contribution in [3.05, 3.63) is 0 Å². The van der Waals surface area contributed by atoms with Gasteiger partial charge in [0.05, 0.1) is 5.92 Å². The lowest BCUT2D eigenvalue weighted by Gasteiger charge is -2.19. The Labute approximate surface area is 72.9 Å². The highest BCUT2D eigenvalue weighted by Gasteiger charge is 2.34. The Hall–Kier alpha value is -0.610. The molecule has 12 heavy (non-hydrogen) atoms. The first-order chi connectivity index (χ1) is 5.52. The summed E-state index contributed by atoms with van der Waals surface area (Å²) in [7, 11) is 0. The van der Waals surface area contributed by atoms with Gasteiger partial charge >= 0.3 is 0 Å². The summed E-state index contributed by atoms with van der Waals surface area (Å²) in [5.74, 6) is -0.432. The van der Waals surface area contributed by atoms with E-state index in [4.69, 9.17) is 11.5 Å². The first-order valence-electron chi connectivity index (χ1n) is 4.31. The Balaban J connectivity index is 2.56. The second kappa shape index (κ2) is 3.41. The fourth-order valence-electron chi connectivity index (χ4n) is 1.58. The second-order valence-corrected chi connectivity index (χ2v) is 3.72. The van der Waals surface area contributed by atoms with E-state index in [0.717, 1.165) is 6.54 Å². The first-order valence-corrected chi connectivity index (χ1v) is 4.31. The molecule has 0 spiro atoms. The summed E-state index contributed by atoms with van der Waals surface area (Å²) < 4.78 is 0. The Bertz CT molecular complexity index is 181. The summed E-state index contributed by atoms with van der Waals surface area (Å²) in [6, 6.07) is 0.366. The van der Waals surface area contributed by atoms with Crippen molar-refractivity contribution < 1.29 is 4.79 Å². The molecule has 0 aromatic heterocycles. The van der Waals surface area contributed by atoms with Crippen molar-refractivity contribution in [2.24, 2.45) is 17.4 Å². The van der Waals surface area contributed by atoms with Crippen molar-refractivity contribution in [3.63, 3.8) is 0 Å². The highest BCUT2D eigenvalue weighted by Crippen LogP contribution is 2.16. The molecular weight excluding hydrogens is 154 g/mol. The first kappa shape index (κ1) is 9.48. The lowest BCUT2D eigenvalue weighted by molar-refractivity contribution is -0.121. The number of primary amides is 1. The summed E-state index contributed by atoms with van der Waals surface area (Å²) in [5.41, 5.74) is 11.0. The second-order valence-electron chi connectivity index (χ2n) is 3.72. The van der Waals surface area contributed by atoms with Crippen LogP contribution in [0.2, 0.25) is 0 Å². The minimum Gasteiger partial charge on any atom is -0.369 e. The molecule has 70 valence electrons. The monoisotopic (exact) mass is 171 g/mol. The fourth-order valence-corrected chi connectivity index (χ4v) is 1.58. The Morgan fingerprint density at radius 2 is 2.08 bits per heavy atom. The minimum absolute atomic E-state index is 0.0788. The number of carbonyl (C=O) groups is 1. The number of nitrogens with zero attached hydrogens (tertiary/aromatic N) is 1. The molecule has 1 fully saturated rings. The van der Waals surface area contributed by atoms with Crippen molar-refractivity contribution in [1.29, 1.82) is 0 Å². The zero-order chi connectivity index (χ0) is 9.30. The van der Waals surface area contributed by atoms with E-state index in [-0.39, 0.29) is 17.9 Å². The van der Waals surface area contributed by atoms with E-state index in [1.54, 1.807) is 0 Å². The molecule has 0 unspecified atom stereocenters. The van der Waals surface area contributed by atoms with Crippen LogP contribution in [0.1, 0.15) is 13.8 Å². The van der Waals surface area contributed by atoms with Gasteiger partial charge < -0.3 is 11.5 Å². The Morgan fingerprint density at radius 3 is 2.33 bits per heavy atom. The molecule has 0 aromatic rings. The molecule has 1 heterocycles. The maximum Gasteiger partial charge on any atom is 0.223 e. The fraction of sp³-hybridized carbons (Fsp3) is 0.875. The van der Waals surface area contributed by atoms with Crippen LogP contribution in [-0.2, 0) is 4.79 Å². The van der Waals surface area contributed by atoms with E-state index in [0.29, 0.717) is 12.6 Å². The van der Waals surface area contributed by atoms with Gasteiger partial charge in [-0.1, -0.05) is 0 Å². The van der Waals surface area contributed by atoms with Gasteiger partial charge in [-0.3, -0.25) is 9.69 Å². The van der Waals surface area contributed by atoms with Gasteiger partial charge in [0.1, 0.15) is 0 Å². The molecule has 1 amide bonds. The van der Waals surface area contributed by atoms with Crippen LogP contribution in [0.25, 0.3) is 0 Å². The average Bonchev–Trinajstić information content (AvgIpc) is 2.30. The van der Waals surface area contributed by atoms with Crippen LogP contribution in [0, 0.1) is 5.92 Å². The van der Waals surface area contributed by atoms with Gasteiger partial charge in [0, 0.05) is 25.2 Å². The number of rotatable bonds is 2. The number of nitrogens with two attached hydrogens (primary N) is 2. The number of hydrogen-bond donors (Lipinski definition) is 2. The standard InChI is InChI=1S/C8H17N3O/c1-5(2)11-3-6(8(10)12)7(9)4-11/h5-7H,3-4,9H2,1-2H3,(H2,10,12)/t6-,7-/m1/s1. The normalized spacial score (nSPS) is 31.3. The van der Waals surface area contributed by atoms with E-state index < -0.39 is 0 Å². The summed E-state index contributed by atoms with van der Waals surface area (Å²) >= 11 is 0. The topological polar surface area (TPSA) is 72.3 Å². The van der Waals surface area contributed by atoms with Crippen LogP contribution >= 0.6 is 0 Å². The molecule has 1 aliphatic rings. The molecular formula is C8H17N3O. The molecule has 4 heteroatoms. The summed E-state index contributed by atoms with van der Waals surface area (Å²) in [4.78, 5) is 13.1. The molecule has 0 bridgehead atoms. The van der Waals surface area contributed by atoms with Crippen molar-refractivity contribution in [2.45, 2.75) is 25.9 Å². The molecule has 1 saturated heterocycles. The van der Waals surface area contributed by atoms with Gasteiger partial charge in [0.15, 0.2) is 0 Å². The maximum absolute atomic E-state index is 10.9.